The fraction of sp³-hybridized carbons (Fsp3) is 0.0465. The molecular formula is C43H27N3OS. The van der Waals surface area contributed by atoms with Crippen LogP contribution in [0.15, 0.2) is 144 Å². The quantitative estimate of drug-likeness (QED) is 0.193. The Morgan fingerprint density at radius 1 is 0.542 bits per heavy atom. The molecule has 0 atom stereocenters. The number of thiophene rings is 1. The van der Waals surface area contributed by atoms with Gasteiger partial charge in [0.25, 0.3) is 0 Å². The Kier molecular flexibility index (Phi) is 6.14. The molecule has 4 nitrogen and oxygen atoms in total. The van der Waals surface area contributed by atoms with E-state index in [2.05, 4.69) is 127 Å². The maximum atomic E-state index is 6.30. The molecule has 0 spiro atoms. The summed E-state index contributed by atoms with van der Waals surface area (Å²) in [5.74, 6) is 2.04. The lowest BCUT2D eigenvalue weighted by molar-refractivity contribution is 0.669. The van der Waals surface area contributed by atoms with E-state index in [0.717, 1.165) is 68.0 Å². The van der Waals surface area contributed by atoms with Crippen molar-refractivity contribution in [3.05, 3.63) is 145 Å². The number of hydrogen-bond acceptors (Lipinski definition) is 5. The standard InChI is InChI=1S/C43H27N3OS/c1-2-12-26(13-3-1)41-44-42(46-43(45-41)34-20-10-19-32-30-16-7-9-23-38(30)48-40(32)34)28-24-27-14-4-5-15-29(27)35(25-28)31-18-11-22-37-39(31)33-17-6-8-21-36(33)47-37/h2,4-25H,1,3H2. The first kappa shape index (κ1) is 27.2. The number of para-hydroxylation sites is 1. The molecule has 0 N–H and O–H groups in total. The minimum atomic E-state index is 0.657. The van der Waals surface area contributed by atoms with E-state index in [4.69, 9.17) is 19.4 Å². The maximum absolute atomic E-state index is 6.30. The lowest BCUT2D eigenvalue weighted by Crippen LogP contribution is -2.03. The lowest BCUT2D eigenvalue weighted by Gasteiger charge is -2.14. The topological polar surface area (TPSA) is 51.8 Å². The van der Waals surface area contributed by atoms with Crippen molar-refractivity contribution in [1.29, 1.82) is 0 Å². The second-order valence-corrected chi connectivity index (χ2v) is 13.3. The van der Waals surface area contributed by atoms with E-state index in [1.165, 1.54) is 25.6 Å². The van der Waals surface area contributed by atoms with E-state index in [9.17, 15) is 0 Å². The molecule has 0 radical (unpaired) electrons. The molecule has 1 aliphatic rings. The highest BCUT2D eigenvalue weighted by molar-refractivity contribution is 7.26. The molecule has 0 unspecified atom stereocenters. The first-order valence-corrected chi connectivity index (χ1v) is 17.1. The Balaban J connectivity index is 1.24. The molecule has 226 valence electrons. The molecule has 0 saturated heterocycles. The number of fused-ring (bicyclic) bond motifs is 7. The molecule has 1 aliphatic carbocycles. The van der Waals surface area contributed by atoms with Gasteiger partial charge in [-0.25, -0.2) is 15.0 Å². The van der Waals surface area contributed by atoms with Gasteiger partial charge < -0.3 is 4.42 Å². The minimum absolute atomic E-state index is 0.657. The highest BCUT2D eigenvalue weighted by Gasteiger charge is 2.20. The number of benzene rings is 6. The van der Waals surface area contributed by atoms with Gasteiger partial charge in [-0.1, -0.05) is 103 Å². The van der Waals surface area contributed by atoms with E-state index in [1.54, 1.807) is 11.3 Å². The van der Waals surface area contributed by atoms with Crippen molar-refractivity contribution >= 4 is 69.8 Å². The van der Waals surface area contributed by atoms with Crippen LogP contribution in [0.25, 0.3) is 92.4 Å². The van der Waals surface area contributed by atoms with Gasteiger partial charge in [0.1, 0.15) is 11.2 Å². The number of hydrogen-bond donors (Lipinski definition) is 0. The van der Waals surface area contributed by atoms with Crippen LogP contribution in [0.3, 0.4) is 0 Å². The molecule has 9 aromatic rings. The first-order chi connectivity index (χ1) is 23.8. The number of rotatable bonds is 4. The number of nitrogens with zero attached hydrogens (tertiary/aromatic N) is 3. The monoisotopic (exact) mass is 633 g/mol. The molecule has 6 aromatic carbocycles. The van der Waals surface area contributed by atoms with Crippen molar-refractivity contribution < 1.29 is 4.42 Å². The van der Waals surface area contributed by atoms with Crippen molar-refractivity contribution in [2.24, 2.45) is 0 Å². The van der Waals surface area contributed by atoms with Crippen molar-refractivity contribution in [2.45, 2.75) is 12.8 Å². The van der Waals surface area contributed by atoms with E-state index in [-0.39, 0.29) is 0 Å². The van der Waals surface area contributed by atoms with Crippen LogP contribution in [0, 0.1) is 0 Å². The summed E-state index contributed by atoms with van der Waals surface area (Å²) >= 11 is 1.79. The largest absolute Gasteiger partial charge is 0.456 e. The summed E-state index contributed by atoms with van der Waals surface area (Å²) in [6.45, 7) is 0. The van der Waals surface area contributed by atoms with E-state index >= 15 is 0 Å². The van der Waals surface area contributed by atoms with Gasteiger partial charge in [-0.15, -0.1) is 11.3 Å². The zero-order chi connectivity index (χ0) is 31.6. The van der Waals surface area contributed by atoms with E-state index in [0.29, 0.717) is 17.5 Å². The van der Waals surface area contributed by atoms with Gasteiger partial charge in [-0.2, -0.15) is 0 Å². The SMILES string of the molecule is C1=CC(c2nc(-c3cc(-c4cccc5oc6ccccc6c45)c4ccccc4c3)nc(-c3cccc4c3sc3ccccc34)n2)=CCC1. The average molecular weight is 634 g/mol. The zero-order valence-electron chi connectivity index (χ0n) is 25.9. The van der Waals surface area contributed by atoms with Gasteiger partial charge in [0.05, 0.1) is 0 Å². The molecule has 3 aromatic heterocycles. The fourth-order valence-corrected chi connectivity index (χ4v) is 8.33. The van der Waals surface area contributed by atoms with Crippen LogP contribution >= 0.6 is 11.3 Å². The third-order valence-electron chi connectivity index (χ3n) is 9.35. The van der Waals surface area contributed by atoms with Crippen molar-refractivity contribution in [3.63, 3.8) is 0 Å². The number of aromatic nitrogens is 3. The van der Waals surface area contributed by atoms with E-state index in [1.807, 2.05) is 12.1 Å². The Hall–Kier alpha value is -5.91. The highest BCUT2D eigenvalue weighted by atomic mass is 32.1. The second-order valence-electron chi connectivity index (χ2n) is 12.2. The summed E-state index contributed by atoms with van der Waals surface area (Å²) < 4.78 is 8.75. The first-order valence-electron chi connectivity index (χ1n) is 16.3. The molecule has 10 rings (SSSR count). The summed E-state index contributed by atoms with van der Waals surface area (Å²) in [6.07, 6.45) is 8.58. The summed E-state index contributed by atoms with van der Waals surface area (Å²) in [7, 11) is 0. The predicted octanol–water partition coefficient (Wildman–Crippen LogP) is 12.0. The average Bonchev–Trinajstić information content (AvgIpc) is 3.73. The molecular weight excluding hydrogens is 607 g/mol. The molecule has 48 heavy (non-hydrogen) atoms. The highest BCUT2D eigenvalue weighted by Crippen LogP contribution is 2.42. The Bertz CT molecular complexity index is 2800. The molecule has 0 aliphatic heterocycles. The molecule has 0 fully saturated rings. The Morgan fingerprint density at radius 2 is 1.27 bits per heavy atom. The molecule has 0 saturated carbocycles. The van der Waals surface area contributed by atoms with Crippen LogP contribution in [-0.4, -0.2) is 15.0 Å². The van der Waals surface area contributed by atoms with Gasteiger partial charge in [0.2, 0.25) is 0 Å². The van der Waals surface area contributed by atoms with Crippen molar-refractivity contribution in [2.75, 3.05) is 0 Å². The Labute approximate surface area is 280 Å². The normalized spacial score (nSPS) is 13.3. The predicted molar refractivity (Wildman–Crippen MR) is 200 cm³/mol. The second kappa shape index (κ2) is 10.8. The third-order valence-corrected chi connectivity index (χ3v) is 10.6. The summed E-state index contributed by atoms with van der Waals surface area (Å²) in [5, 5.41) is 6.99. The van der Waals surface area contributed by atoms with Gasteiger partial charge >= 0.3 is 0 Å². The minimum Gasteiger partial charge on any atom is -0.456 e. The smallest absolute Gasteiger partial charge is 0.165 e. The van der Waals surface area contributed by atoms with Crippen LogP contribution in [0.2, 0.25) is 0 Å². The molecule has 0 amide bonds. The number of furan rings is 1. The fourth-order valence-electron chi connectivity index (χ4n) is 7.12. The van der Waals surface area contributed by atoms with E-state index < -0.39 is 0 Å². The summed E-state index contributed by atoms with van der Waals surface area (Å²) in [5.41, 5.74) is 7.00. The number of allylic oxidation sites excluding steroid dienone is 4. The Morgan fingerprint density at radius 3 is 2.19 bits per heavy atom. The van der Waals surface area contributed by atoms with Gasteiger partial charge in [-0.3, -0.25) is 0 Å². The third kappa shape index (κ3) is 4.32. The molecule has 0 bridgehead atoms. The van der Waals surface area contributed by atoms with Gasteiger partial charge in [0.15, 0.2) is 17.5 Å². The van der Waals surface area contributed by atoms with Crippen LogP contribution in [0.4, 0.5) is 0 Å². The van der Waals surface area contributed by atoms with Gasteiger partial charge in [-0.05, 0) is 71.1 Å². The molecule has 3 heterocycles. The zero-order valence-corrected chi connectivity index (χ0v) is 26.7. The molecule has 5 heteroatoms. The van der Waals surface area contributed by atoms with Crippen LogP contribution in [0.5, 0.6) is 0 Å². The van der Waals surface area contributed by atoms with Crippen LogP contribution < -0.4 is 0 Å². The van der Waals surface area contributed by atoms with Crippen molar-refractivity contribution in [3.8, 4) is 33.9 Å². The lowest BCUT2D eigenvalue weighted by atomic mass is 9.92. The van der Waals surface area contributed by atoms with Crippen LogP contribution in [0.1, 0.15) is 18.7 Å². The maximum Gasteiger partial charge on any atom is 0.165 e. The summed E-state index contributed by atoms with van der Waals surface area (Å²) in [4.78, 5) is 15.5. The summed E-state index contributed by atoms with van der Waals surface area (Å²) in [6, 6.07) is 42.6. The van der Waals surface area contributed by atoms with Crippen molar-refractivity contribution in [1.82, 2.24) is 15.0 Å². The van der Waals surface area contributed by atoms with Gasteiger partial charge in [0, 0.05) is 47.6 Å². The van der Waals surface area contributed by atoms with Crippen LogP contribution in [-0.2, 0) is 0 Å².